The minimum absolute atomic E-state index is 0.230. The summed E-state index contributed by atoms with van der Waals surface area (Å²) in [4.78, 5) is 1.29. The molecule has 0 radical (unpaired) electrons. The van der Waals surface area contributed by atoms with E-state index in [2.05, 4.69) is 51.3 Å². The highest BCUT2D eigenvalue weighted by atomic mass is 32.1. The van der Waals surface area contributed by atoms with Crippen LogP contribution < -0.4 is 0 Å². The number of nitrogens with one attached hydrogen (secondary N) is 1. The molecule has 0 spiro atoms. The maximum Gasteiger partial charge on any atom is 0.195 e. The fraction of sp³-hybridized carbons (Fsp3) is 0.333. The maximum atomic E-state index is 5.79. The minimum Gasteiger partial charge on any atom is -0.376 e. The Hall–Kier alpha value is -1.76. The summed E-state index contributed by atoms with van der Waals surface area (Å²) in [7, 11) is 0. The number of hydrogen-bond acceptors (Lipinski definition) is 4. The van der Waals surface area contributed by atoms with E-state index in [9.17, 15) is 0 Å². The zero-order valence-corrected chi connectivity index (χ0v) is 15.1. The lowest BCUT2D eigenvalue weighted by atomic mass is 10.0. The van der Waals surface area contributed by atoms with Crippen LogP contribution >= 0.6 is 23.6 Å². The van der Waals surface area contributed by atoms with Crippen LogP contribution in [-0.4, -0.2) is 27.5 Å². The molecule has 4 nitrogen and oxygen atoms in total. The van der Waals surface area contributed by atoms with Gasteiger partial charge in [0.15, 0.2) is 10.6 Å². The van der Waals surface area contributed by atoms with Crippen molar-refractivity contribution in [3.63, 3.8) is 0 Å². The summed E-state index contributed by atoms with van der Waals surface area (Å²) in [5.41, 5.74) is 3.58. The van der Waals surface area contributed by atoms with E-state index in [1.165, 1.54) is 16.0 Å². The number of aromatic nitrogens is 3. The number of aromatic amines is 1. The predicted octanol–water partition coefficient (Wildman–Crippen LogP) is 4.82. The van der Waals surface area contributed by atoms with Gasteiger partial charge in [-0.25, -0.2) is 0 Å². The molecule has 0 amide bonds. The van der Waals surface area contributed by atoms with Crippen molar-refractivity contribution in [3.8, 4) is 22.5 Å². The van der Waals surface area contributed by atoms with Gasteiger partial charge in [0.1, 0.15) is 0 Å². The lowest BCUT2D eigenvalue weighted by Crippen LogP contribution is -2.16. The molecular weight excluding hydrogens is 338 g/mol. The Kier molecular flexibility index (Phi) is 4.35. The second-order valence-electron chi connectivity index (χ2n) is 6.04. The largest absolute Gasteiger partial charge is 0.376 e. The molecule has 4 rings (SSSR count). The second-order valence-corrected chi connectivity index (χ2v) is 7.52. The van der Waals surface area contributed by atoms with Crippen LogP contribution in [0.3, 0.4) is 0 Å². The van der Waals surface area contributed by atoms with Crippen LogP contribution in [0.4, 0.5) is 0 Å². The Morgan fingerprint density at radius 2 is 2.21 bits per heavy atom. The van der Waals surface area contributed by atoms with Gasteiger partial charge in [-0.15, -0.1) is 11.3 Å². The summed E-state index contributed by atoms with van der Waals surface area (Å²) in [5, 5.41) is 9.66. The first-order valence-corrected chi connectivity index (χ1v) is 9.43. The normalized spacial score (nSPS) is 17.5. The number of aryl methyl sites for hydroxylation is 1. The third-order valence-corrected chi connectivity index (χ3v) is 5.67. The van der Waals surface area contributed by atoms with Gasteiger partial charge in [0.2, 0.25) is 0 Å². The Bertz CT molecular complexity index is 889. The molecule has 3 aromatic rings. The van der Waals surface area contributed by atoms with Crippen LogP contribution in [-0.2, 0) is 11.3 Å². The van der Waals surface area contributed by atoms with Crippen molar-refractivity contribution < 1.29 is 4.74 Å². The molecule has 3 heterocycles. The van der Waals surface area contributed by atoms with E-state index in [1.54, 1.807) is 11.3 Å². The highest BCUT2D eigenvalue weighted by Crippen LogP contribution is 2.38. The average Bonchev–Trinajstić information content (AvgIpc) is 3.31. The predicted molar refractivity (Wildman–Crippen MR) is 99.9 cm³/mol. The van der Waals surface area contributed by atoms with E-state index in [0.29, 0.717) is 4.77 Å². The van der Waals surface area contributed by atoms with Gasteiger partial charge in [0.05, 0.1) is 12.6 Å². The molecule has 6 heteroatoms. The molecule has 1 saturated heterocycles. The summed E-state index contributed by atoms with van der Waals surface area (Å²) in [6.45, 7) is 3.76. The topological polar surface area (TPSA) is 42.8 Å². The van der Waals surface area contributed by atoms with Crippen molar-refractivity contribution in [2.45, 2.75) is 32.4 Å². The van der Waals surface area contributed by atoms with E-state index in [1.807, 2.05) is 6.07 Å². The van der Waals surface area contributed by atoms with Crippen LogP contribution in [0.2, 0.25) is 0 Å². The number of thiophene rings is 1. The van der Waals surface area contributed by atoms with Gasteiger partial charge in [-0.3, -0.25) is 9.67 Å². The number of hydrogen-bond donors (Lipinski definition) is 1. The van der Waals surface area contributed by atoms with Gasteiger partial charge >= 0.3 is 0 Å². The lowest BCUT2D eigenvalue weighted by molar-refractivity contribution is 0.0970. The number of rotatable bonds is 4. The lowest BCUT2D eigenvalue weighted by Gasteiger charge is -2.13. The summed E-state index contributed by atoms with van der Waals surface area (Å²) in [5.74, 6) is 0.902. The van der Waals surface area contributed by atoms with E-state index in [4.69, 9.17) is 17.0 Å². The molecule has 0 bridgehead atoms. The van der Waals surface area contributed by atoms with Gasteiger partial charge in [-0.1, -0.05) is 30.3 Å². The SMILES string of the molecule is Cc1scc(-c2n[nH]c(=S)n2C[C@@H]2CCCO2)c1-c1ccccc1. The fourth-order valence-corrected chi connectivity index (χ4v) is 4.34. The van der Waals surface area contributed by atoms with Crippen molar-refractivity contribution in [3.05, 3.63) is 45.4 Å². The van der Waals surface area contributed by atoms with Crippen molar-refractivity contribution in [1.82, 2.24) is 14.8 Å². The first-order chi connectivity index (χ1) is 11.7. The Labute approximate surface area is 150 Å². The molecule has 1 aliphatic heterocycles. The van der Waals surface area contributed by atoms with E-state index >= 15 is 0 Å². The van der Waals surface area contributed by atoms with Crippen LogP contribution in [0.1, 0.15) is 17.7 Å². The minimum atomic E-state index is 0.230. The summed E-state index contributed by atoms with van der Waals surface area (Å²) < 4.78 is 8.52. The highest BCUT2D eigenvalue weighted by Gasteiger charge is 2.22. The van der Waals surface area contributed by atoms with E-state index in [0.717, 1.165) is 37.4 Å². The van der Waals surface area contributed by atoms with Gasteiger partial charge < -0.3 is 4.74 Å². The summed E-state index contributed by atoms with van der Waals surface area (Å²) in [6, 6.07) is 10.5. The Morgan fingerprint density at radius 3 is 2.96 bits per heavy atom. The first kappa shape index (κ1) is 15.7. The standard InChI is InChI=1S/C18H19N3OS2/c1-12-16(13-6-3-2-4-7-13)15(11-24-12)17-19-20-18(23)21(17)10-14-8-5-9-22-14/h2-4,6-7,11,14H,5,8-10H2,1H3,(H,20,23)/t14-/m0/s1. The Morgan fingerprint density at radius 1 is 1.38 bits per heavy atom. The smallest absolute Gasteiger partial charge is 0.195 e. The van der Waals surface area contributed by atoms with Gasteiger partial charge in [-0.2, -0.15) is 5.10 Å². The fourth-order valence-electron chi connectivity index (χ4n) is 3.27. The Balaban J connectivity index is 1.79. The molecule has 1 aromatic carbocycles. The number of ether oxygens (including phenoxy) is 1. The zero-order chi connectivity index (χ0) is 16.5. The molecule has 0 saturated carbocycles. The highest BCUT2D eigenvalue weighted by molar-refractivity contribution is 7.71. The van der Waals surface area contributed by atoms with Crippen LogP contribution in [0, 0.1) is 11.7 Å². The second kappa shape index (κ2) is 6.63. The molecular formula is C18H19N3OS2. The van der Waals surface area contributed by atoms with Crippen LogP contribution in [0.15, 0.2) is 35.7 Å². The molecule has 1 fully saturated rings. The molecule has 24 heavy (non-hydrogen) atoms. The third kappa shape index (κ3) is 2.85. The van der Waals surface area contributed by atoms with Crippen LogP contribution in [0.5, 0.6) is 0 Å². The van der Waals surface area contributed by atoms with Crippen LogP contribution in [0.25, 0.3) is 22.5 Å². The van der Waals surface area contributed by atoms with Gasteiger partial charge in [0.25, 0.3) is 0 Å². The van der Waals surface area contributed by atoms with E-state index in [-0.39, 0.29) is 6.10 Å². The van der Waals surface area contributed by atoms with E-state index < -0.39 is 0 Å². The number of nitrogens with zero attached hydrogens (tertiary/aromatic N) is 2. The monoisotopic (exact) mass is 357 g/mol. The summed E-state index contributed by atoms with van der Waals surface area (Å²) >= 11 is 7.22. The zero-order valence-electron chi connectivity index (χ0n) is 13.5. The molecule has 124 valence electrons. The number of H-pyrrole nitrogens is 1. The van der Waals surface area contributed by atoms with Crippen molar-refractivity contribution in [2.75, 3.05) is 6.61 Å². The quantitative estimate of drug-likeness (QED) is 0.681. The van der Waals surface area contributed by atoms with Crippen molar-refractivity contribution in [1.29, 1.82) is 0 Å². The summed E-state index contributed by atoms with van der Waals surface area (Å²) in [6.07, 6.45) is 2.44. The third-order valence-electron chi connectivity index (χ3n) is 4.45. The average molecular weight is 358 g/mol. The molecule has 1 atom stereocenters. The molecule has 0 aliphatic carbocycles. The molecule has 1 N–H and O–H groups in total. The van der Waals surface area contributed by atoms with Gasteiger partial charge in [-0.05, 0) is 37.5 Å². The number of benzene rings is 1. The maximum absolute atomic E-state index is 5.79. The molecule has 0 unspecified atom stereocenters. The van der Waals surface area contributed by atoms with Gasteiger partial charge in [0, 0.05) is 28.0 Å². The molecule has 1 aliphatic rings. The van der Waals surface area contributed by atoms with Crippen molar-refractivity contribution in [2.24, 2.45) is 0 Å². The molecule has 2 aromatic heterocycles. The van der Waals surface area contributed by atoms with Crippen molar-refractivity contribution >= 4 is 23.6 Å². The first-order valence-electron chi connectivity index (χ1n) is 8.14.